The van der Waals surface area contributed by atoms with Crippen molar-refractivity contribution in [2.45, 2.75) is 33.3 Å². The van der Waals surface area contributed by atoms with Crippen molar-refractivity contribution in [1.82, 2.24) is 0 Å². The molecule has 0 aromatic heterocycles. The molecule has 0 amide bonds. The summed E-state index contributed by atoms with van der Waals surface area (Å²) < 4.78 is 11.0. The van der Waals surface area contributed by atoms with E-state index in [1.807, 2.05) is 18.2 Å². The van der Waals surface area contributed by atoms with Crippen molar-refractivity contribution in [1.29, 1.82) is 0 Å². The molecule has 3 heteroatoms. The second-order valence-corrected chi connectivity index (χ2v) is 4.48. The first-order chi connectivity index (χ1) is 8.17. The summed E-state index contributed by atoms with van der Waals surface area (Å²) >= 11 is 0. The molecule has 1 unspecified atom stereocenters. The SMILES string of the molecule is CCCC(C)COCc1ccc(N)cc1OC. The van der Waals surface area contributed by atoms with E-state index >= 15 is 0 Å². The zero-order valence-corrected chi connectivity index (χ0v) is 11.0. The number of nitrogens with two attached hydrogens (primary N) is 1. The maximum absolute atomic E-state index is 5.70. The molecule has 0 heterocycles. The third kappa shape index (κ3) is 4.65. The molecule has 17 heavy (non-hydrogen) atoms. The zero-order valence-electron chi connectivity index (χ0n) is 11.0. The van der Waals surface area contributed by atoms with E-state index in [1.165, 1.54) is 12.8 Å². The van der Waals surface area contributed by atoms with Gasteiger partial charge in [-0.1, -0.05) is 26.3 Å². The van der Waals surface area contributed by atoms with Crippen LogP contribution in [0.15, 0.2) is 18.2 Å². The third-order valence-electron chi connectivity index (χ3n) is 2.75. The summed E-state index contributed by atoms with van der Waals surface area (Å²) in [4.78, 5) is 0. The number of benzene rings is 1. The fourth-order valence-corrected chi connectivity index (χ4v) is 1.83. The normalized spacial score (nSPS) is 12.4. The number of hydrogen-bond acceptors (Lipinski definition) is 3. The zero-order chi connectivity index (χ0) is 12.7. The van der Waals surface area contributed by atoms with Gasteiger partial charge in [0.2, 0.25) is 0 Å². The molecule has 0 radical (unpaired) electrons. The highest BCUT2D eigenvalue weighted by Crippen LogP contribution is 2.22. The van der Waals surface area contributed by atoms with E-state index in [1.54, 1.807) is 7.11 Å². The molecule has 0 aliphatic carbocycles. The minimum absolute atomic E-state index is 0.581. The Balaban J connectivity index is 2.46. The lowest BCUT2D eigenvalue weighted by Crippen LogP contribution is -2.06. The Bertz CT molecular complexity index is 339. The number of ether oxygens (including phenoxy) is 2. The van der Waals surface area contributed by atoms with Crippen LogP contribution in [0.4, 0.5) is 5.69 Å². The Hall–Kier alpha value is -1.22. The maximum Gasteiger partial charge on any atom is 0.126 e. The number of hydrogen-bond donors (Lipinski definition) is 1. The van der Waals surface area contributed by atoms with E-state index < -0.39 is 0 Å². The largest absolute Gasteiger partial charge is 0.496 e. The molecule has 0 saturated carbocycles. The molecule has 2 N–H and O–H groups in total. The van der Waals surface area contributed by atoms with Gasteiger partial charge < -0.3 is 15.2 Å². The minimum Gasteiger partial charge on any atom is -0.496 e. The smallest absolute Gasteiger partial charge is 0.126 e. The fourth-order valence-electron chi connectivity index (χ4n) is 1.83. The molecule has 0 aliphatic rings. The molecule has 0 bridgehead atoms. The van der Waals surface area contributed by atoms with Crippen LogP contribution in [0.3, 0.4) is 0 Å². The quantitative estimate of drug-likeness (QED) is 0.740. The van der Waals surface area contributed by atoms with Crippen molar-refractivity contribution in [3.8, 4) is 5.75 Å². The molecule has 0 aliphatic heterocycles. The fraction of sp³-hybridized carbons (Fsp3) is 0.571. The first kappa shape index (κ1) is 13.8. The second-order valence-electron chi connectivity index (χ2n) is 4.48. The summed E-state index contributed by atoms with van der Waals surface area (Å²) in [6, 6.07) is 5.66. The van der Waals surface area contributed by atoms with Crippen molar-refractivity contribution in [2.75, 3.05) is 19.5 Å². The van der Waals surface area contributed by atoms with E-state index in [4.69, 9.17) is 15.2 Å². The van der Waals surface area contributed by atoms with Gasteiger partial charge >= 0.3 is 0 Å². The first-order valence-electron chi connectivity index (χ1n) is 6.17. The first-order valence-corrected chi connectivity index (χ1v) is 6.17. The predicted molar refractivity (Wildman–Crippen MR) is 71.1 cm³/mol. The lowest BCUT2D eigenvalue weighted by atomic mass is 10.1. The van der Waals surface area contributed by atoms with Crippen molar-refractivity contribution in [3.05, 3.63) is 23.8 Å². The molecule has 1 atom stereocenters. The highest BCUT2D eigenvalue weighted by atomic mass is 16.5. The lowest BCUT2D eigenvalue weighted by molar-refractivity contribution is 0.0879. The molecule has 96 valence electrons. The van der Waals surface area contributed by atoms with Gasteiger partial charge in [0, 0.05) is 23.9 Å². The van der Waals surface area contributed by atoms with Crippen LogP contribution < -0.4 is 10.5 Å². The third-order valence-corrected chi connectivity index (χ3v) is 2.75. The summed E-state index contributed by atoms with van der Waals surface area (Å²) in [7, 11) is 1.65. The van der Waals surface area contributed by atoms with E-state index in [9.17, 15) is 0 Å². The molecule has 3 nitrogen and oxygen atoms in total. The van der Waals surface area contributed by atoms with Crippen LogP contribution >= 0.6 is 0 Å². The molecule has 0 spiro atoms. The minimum atomic E-state index is 0.581. The van der Waals surface area contributed by atoms with E-state index in [0.29, 0.717) is 18.2 Å². The Labute approximate surface area is 104 Å². The van der Waals surface area contributed by atoms with Crippen LogP contribution in [-0.2, 0) is 11.3 Å². The molecule has 1 aromatic carbocycles. The predicted octanol–water partition coefficient (Wildman–Crippen LogP) is 3.23. The van der Waals surface area contributed by atoms with Crippen molar-refractivity contribution >= 4 is 5.69 Å². The standard InChI is InChI=1S/C14H23NO2/c1-4-5-11(2)9-17-10-12-6-7-13(15)8-14(12)16-3/h6-8,11H,4-5,9-10,15H2,1-3H3. The monoisotopic (exact) mass is 237 g/mol. The lowest BCUT2D eigenvalue weighted by Gasteiger charge is -2.13. The van der Waals surface area contributed by atoms with Gasteiger partial charge in [-0.2, -0.15) is 0 Å². The Morgan fingerprint density at radius 3 is 2.76 bits per heavy atom. The summed E-state index contributed by atoms with van der Waals surface area (Å²) in [5.41, 5.74) is 7.46. The summed E-state index contributed by atoms with van der Waals surface area (Å²) in [5.74, 6) is 1.41. The van der Waals surface area contributed by atoms with Gasteiger partial charge in [0.25, 0.3) is 0 Å². The van der Waals surface area contributed by atoms with Gasteiger partial charge in [0.1, 0.15) is 5.75 Å². The van der Waals surface area contributed by atoms with Gasteiger partial charge in [-0.15, -0.1) is 0 Å². The van der Waals surface area contributed by atoms with Gasteiger partial charge in [-0.25, -0.2) is 0 Å². The van der Waals surface area contributed by atoms with E-state index in [-0.39, 0.29) is 0 Å². The highest BCUT2D eigenvalue weighted by Gasteiger charge is 2.05. The number of rotatable bonds is 7. The van der Waals surface area contributed by atoms with Crippen molar-refractivity contribution in [2.24, 2.45) is 5.92 Å². The topological polar surface area (TPSA) is 44.5 Å². The molecule has 0 fully saturated rings. The summed E-state index contributed by atoms with van der Waals surface area (Å²) in [6.07, 6.45) is 2.41. The van der Waals surface area contributed by atoms with Gasteiger partial charge in [0.05, 0.1) is 13.7 Å². The number of nitrogen functional groups attached to an aromatic ring is 1. The average molecular weight is 237 g/mol. The Morgan fingerprint density at radius 2 is 2.12 bits per heavy atom. The van der Waals surface area contributed by atoms with Crippen LogP contribution in [0.5, 0.6) is 5.75 Å². The van der Waals surface area contributed by atoms with Gasteiger partial charge in [-0.05, 0) is 18.4 Å². The Kier molecular flexibility index (Phi) is 5.84. The molecule has 1 rings (SSSR count). The molecular formula is C14H23NO2. The van der Waals surface area contributed by atoms with Crippen molar-refractivity contribution in [3.63, 3.8) is 0 Å². The summed E-state index contributed by atoms with van der Waals surface area (Å²) in [6.45, 7) is 5.78. The highest BCUT2D eigenvalue weighted by molar-refractivity contribution is 5.48. The van der Waals surface area contributed by atoms with E-state index in [2.05, 4.69) is 13.8 Å². The van der Waals surface area contributed by atoms with Crippen LogP contribution in [0, 0.1) is 5.92 Å². The maximum atomic E-state index is 5.70. The average Bonchev–Trinajstić information content (AvgIpc) is 2.31. The molecule has 1 aromatic rings. The second kappa shape index (κ2) is 7.17. The van der Waals surface area contributed by atoms with Crippen molar-refractivity contribution < 1.29 is 9.47 Å². The van der Waals surface area contributed by atoms with Crippen LogP contribution in [0.2, 0.25) is 0 Å². The molecular weight excluding hydrogens is 214 g/mol. The number of anilines is 1. The van der Waals surface area contributed by atoms with Crippen LogP contribution in [-0.4, -0.2) is 13.7 Å². The van der Waals surface area contributed by atoms with Gasteiger partial charge in [0.15, 0.2) is 0 Å². The van der Waals surface area contributed by atoms with E-state index in [0.717, 1.165) is 17.9 Å². The molecule has 0 saturated heterocycles. The van der Waals surface area contributed by atoms with Crippen LogP contribution in [0.25, 0.3) is 0 Å². The van der Waals surface area contributed by atoms with Gasteiger partial charge in [-0.3, -0.25) is 0 Å². The Morgan fingerprint density at radius 1 is 1.35 bits per heavy atom. The number of methoxy groups -OCH3 is 1. The summed E-state index contributed by atoms with van der Waals surface area (Å²) in [5, 5.41) is 0. The van der Waals surface area contributed by atoms with Crippen LogP contribution in [0.1, 0.15) is 32.3 Å².